The molecule has 0 unspecified atom stereocenters. The summed E-state index contributed by atoms with van der Waals surface area (Å²) in [6.45, 7) is 7.27. The minimum Gasteiger partial charge on any atom is -0.349 e. The van der Waals surface area contributed by atoms with Crippen LogP contribution in [0.2, 0.25) is 10.0 Å². The number of amides is 2. The molecule has 1 fully saturated rings. The molecule has 0 saturated carbocycles. The second-order valence-corrected chi connectivity index (χ2v) is 8.17. The predicted molar refractivity (Wildman–Crippen MR) is 103 cm³/mol. The van der Waals surface area contributed by atoms with Crippen molar-refractivity contribution in [3.8, 4) is 0 Å². The Kier molecular flexibility index (Phi) is 7.87. The topological polar surface area (TPSA) is 53.9 Å². The van der Waals surface area contributed by atoms with Gasteiger partial charge in [0.15, 0.2) is 6.54 Å². The minimum absolute atomic E-state index is 0.0636. The molecule has 1 saturated heterocycles. The van der Waals surface area contributed by atoms with Crippen LogP contribution in [0.1, 0.15) is 13.8 Å². The maximum Gasteiger partial charge on any atom is 0.275 e. The summed E-state index contributed by atoms with van der Waals surface area (Å²) in [6, 6.07) is 5.48. The van der Waals surface area contributed by atoms with E-state index in [0.29, 0.717) is 35.4 Å². The number of quaternary nitrogens is 1. The summed E-state index contributed by atoms with van der Waals surface area (Å²) in [4.78, 5) is 28.0. The Balaban J connectivity index is 1.77. The van der Waals surface area contributed by atoms with Crippen LogP contribution in [0.5, 0.6) is 0 Å². The number of nitrogens with one attached hydrogen (secondary N) is 2. The zero-order chi connectivity index (χ0) is 18.4. The first kappa shape index (κ1) is 20.4. The van der Waals surface area contributed by atoms with Crippen LogP contribution in [0.15, 0.2) is 23.1 Å². The molecule has 5 nitrogen and oxygen atoms in total. The van der Waals surface area contributed by atoms with Gasteiger partial charge in [0.2, 0.25) is 5.91 Å². The van der Waals surface area contributed by atoms with Gasteiger partial charge in [-0.3, -0.25) is 9.59 Å². The molecule has 8 heteroatoms. The predicted octanol–water partition coefficient (Wildman–Crippen LogP) is 1.34. The fourth-order valence-corrected chi connectivity index (χ4v) is 4.28. The summed E-state index contributed by atoms with van der Waals surface area (Å²) in [5.74, 6) is 0.451. The number of nitrogens with zero attached hydrogens (tertiary/aromatic N) is 1. The molecule has 2 N–H and O–H groups in total. The quantitative estimate of drug-likeness (QED) is 0.703. The van der Waals surface area contributed by atoms with E-state index in [1.807, 2.05) is 18.7 Å². The van der Waals surface area contributed by atoms with Crippen molar-refractivity contribution in [2.24, 2.45) is 0 Å². The molecular formula is C17H24Cl2N3O2S+. The average Bonchev–Trinajstić information content (AvgIpc) is 2.54. The van der Waals surface area contributed by atoms with Crippen LogP contribution < -0.4 is 10.2 Å². The Bertz CT molecular complexity index is 600. The summed E-state index contributed by atoms with van der Waals surface area (Å²) < 4.78 is 0. The summed E-state index contributed by atoms with van der Waals surface area (Å²) >= 11 is 13.6. The Morgan fingerprint density at radius 3 is 2.40 bits per heavy atom. The molecule has 25 heavy (non-hydrogen) atoms. The fraction of sp³-hybridized carbons (Fsp3) is 0.529. The number of hydrogen-bond donors (Lipinski definition) is 2. The van der Waals surface area contributed by atoms with E-state index in [-0.39, 0.29) is 17.9 Å². The molecule has 1 heterocycles. The number of benzene rings is 1. The van der Waals surface area contributed by atoms with E-state index in [1.165, 1.54) is 16.7 Å². The van der Waals surface area contributed by atoms with Crippen LogP contribution in [-0.2, 0) is 9.59 Å². The molecule has 0 aliphatic carbocycles. The van der Waals surface area contributed by atoms with Crippen molar-refractivity contribution in [3.05, 3.63) is 28.2 Å². The number of piperazine rings is 1. The van der Waals surface area contributed by atoms with Gasteiger partial charge in [0.05, 0.1) is 42.0 Å². The highest BCUT2D eigenvalue weighted by Crippen LogP contribution is 2.33. The number of thioether (sulfide) groups is 1. The highest BCUT2D eigenvalue weighted by molar-refractivity contribution is 8.00. The van der Waals surface area contributed by atoms with Crippen LogP contribution in [0.4, 0.5) is 0 Å². The maximum absolute atomic E-state index is 12.4. The molecule has 0 aromatic heterocycles. The zero-order valence-electron chi connectivity index (χ0n) is 14.5. The third-order valence-electron chi connectivity index (χ3n) is 3.94. The van der Waals surface area contributed by atoms with Crippen molar-refractivity contribution in [3.63, 3.8) is 0 Å². The zero-order valence-corrected chi connectivity index (χ0v) is 16.8. The highest BCUT2D eigenvalue weighted by atomic mass is 35.5. The van der Waals surface area contributed by atoms with Gasteiger partial charge in [-0.05, 0) is 26.0 Å². The van der Waals surface area contributed by atoms with E-state index in [0.717, 1.165) is 18.0 Å². The monoisotopic (exact) mass is 404 g/mol. The van der Waals surface area contributed by atoms with Gasteiger partial charge in [-0.2, -0.15) is 0 Å². The summed E-state index contributed by atoms with van der Waals surface area (Å²) in [7, 11) is 0. The Morgan fingerprint density at radius 1 is 1.24 bits per heavy atom. The summed E-state index contributed by atoms with van der Waals surface area (Å²) in [5.41, 5.74) is 0. The van der Waals surface area contributed by atoms with Crippen molar-refractivity contribution in [2.75, 3.05) is 38.5 Å². The van der Waals surface area contributed by atoms with Crippen LogP contribution in [0, 0.1) is 0 Å². The number of carbonyl (C=O) groups is 2. The first-order valence-corrected chi connectivity index (χ1v) is 10.1. The minimum atomic E-state index is 0.0636. The number of hydrogen-bond acceptors (Lipinski definition) is 3. The van der Waals surface area contributed by atoms with Crippen molar-refractivity contribution in [2.45, 2.75) is 24.8 Å². The lowest BCUT2D eigenvalue weighted by molar-refractivity contribution is -0.896. The van der Waals surface area contributed by atoms with Crippen molar-refractivity contribution in [1.82, 2.24) is 10.2 Å². The van der Waals surface area contributed by atoms with E-state index < -0.39 is 0 Å². The van der Waals surface area contributed by atoms with Crippen LogP contribution in [-0.4, -0.2) is 61.2 Å². The van der Waals surface area contributed by atoms with Crippen molar-refractivity contribution < 1.29 is 14.5 Å². The molecule has 0 radical (unpaired) electrons. The first-order valence-electron chi connectivity index (χ1n) is 8.34. The largest absolute Gasteiger partial charge is 0.349 e. The van der Waals surface area contributed by atoms with Crippen molar-refractivity contribution >= 4 is 46.8 Å². The van der Waals surface area contributed by atoms with E-state index in [4.69, 9.17) is 23.2 Å². The lowest BCUT2D eigenvalue weighted by Gasteiger charge is -2.32. The van der Waals surface area contributed by atoms with Crippen LogP contribution >= 0.6 is 35.0 Å². The Hall–Kier alpha value is -0.950. The summed E-state index contributed by atoms with van der Waals surface area (Å²) in [6.07, 6.45) is 0. The van der Waals surface area contributed by atoms with Gasteiger partial charge >= 0.3 is 0 Å². The first-order chi connectivity index (χ1) is 11.9. The van der Waals surface area contributed by atoms with Gasteiger partial charge in [0.25, 0.3) is 5.91 Å². The van der Waals surface area contributed by atoms with Gasteiger partial charge in [-0.15, -0.1) is 11.8 Å². The number of rotatable bonds is 6. The number of carbonyl (C=O) groups excluding carboxylic acids is 2. The molecule has 0 atom stereocenters. The maximum atomic E-state index is 12.4. The van der Waals surface area contributed by atoms with Gasteiger partial charge < -0.3 is 15.1 Å². The SMILES string of the molecule is CC(C)NC(=O)C[NH+]1CCN(C(=O)CSc2c(Cl)cccc2Cl)CC1. The van der Waals surface area contributed by atoms with E-state index >= 15 is 0 Å². The molecular weight excluding hydrogens is 381 g/mol. The van der Waals surface area contributed by atoms with E-state index in [2.05, 4.69) is 5.32 Å². The van der Waals surface area contributed by atoms with Crippen LogP contribution in [0.3, 0.4) is 0 Å². The van der Waals surface area contributed by atoms with Gasteiger partial charge in [0.1, 0.15) is 0 Å². The molecule has 0 bridgehead atoms. The third-order valence-corrected chi connectivity index (χ3v) is 5.92. The van der Waals surface area contributed by atoms with Gasteiger partial charge in [-0.1, -0.05) is 29.3 Å². The molecule has 0 spiro atoms. The Morgan fingerprint density at radius 2 is 1.84 bits per heavy atom. The molecule has 1 aliphatic heterocycles. The van der Waals surface area contributed by atoms with Gasteiger partial charge in [-0.25, -0.2) is 0 Å². The molecule has 138 valence electrons. The molecule has 1 aromatic carbocycles. The smallest absolute Gasteiger partial charge is 0.275 e. The second kappa shape index (κ2) is 9.67. The molecule has 2 rings (SSSR count). The normalized spacial score (nSPS) is 15.5. The van der Waals surface area contributed by atoms with E-state index in [9.17, 15) is 9.59 Å². The molecule has 1 aliphatic rings. The standard InChI is InChI=1S/C17H23Cl2N3O2S/c1-12(2)20-15(23)10-21-6-8-22(9-7-21)16(24)11-25-17-13(18)4-3-5-14(17)19/h3-5,12H,6-11H2,1-2H3,(H,20,23)/p+1. The lowest BCUT2D eigenvalue weighted by atomic mass is 10.3. The van der Waals surface area contributed by atoms with Gasteiger partial charge in [0, 0.05) is 10.9 Å². The second-order valence-electron chi connectivity index (χ2n) is 6.37. The lowest BCUT2D eigenvalue weighted by Crippen LogP contribution is -3.16. The highest BCUT2D eigenvalue weighted by Gasteiger charge is 2.25. The Labute approximate surface area is 163 Å². The number of halogens is 2. The summed E-state index contributed by atoms with van der Waals surface area (Å²) in [5, 5.41) is 4.04. The van der Waals surface area contributed by atoms with Crippen molar-refractivity contribution in [1.29, 1.82) is 0 Å². The third kappa shape index (κ3) is 6.37. The average molecular weight is 405 g/mol. The van der Waals surface area contributed by atoms with E-state index in [1.54, 1.807) is 18.2 Å². The van der Waals surface area contributed by atoms with Crippen LogP contribution in [0.25, 0.3) is 0 Å². The molecule has 1 aromatic rings. The fourth-order valence-electron chi connectivity index (χ4n) is 2.69. The molecule has 2 amide bonds.